The molecular formula is C18H22N4O. The van der Waals surface area contributed by atoms with Crippen LogP contribution in [0.2, 0.25) is 0 Å². The van der Waals surface area contributed by atoms with Crippen LogP contribution in [0.3, 0.4) is 0 Å². The second kappa shape index (κ2) is 6.16. The minimum Gasteiger partial charge on any atom is -0.352 e. The molecule has 0 spiro atoms. The number of fused-ring (bicyclic) bond motifs is 1. The molecule has 2 heterocycles. The van der Waals surface area contributed by atoms with E-state index < -0.39 is 0 Å². The quantitative estimate of drug-likeness (QED) is 0.888. The first-order chi connectivity index (χ1) is 11.3. The van der Waals surface area contributed by atoms with Crippen molar-refractivity contribution in [3.8, 4) is 0 Å². The highest BCUT2D eigenvalue weighted by atomic mass is 16.1. The van der Waals surface area contributed by atoms with Crippen molar-refractivity contribution in [2.75, 3.05) is 18.4 Å². The predicted octanol–water partition coefficient (Wildman–Crippen LogP) is 2.15. The SMILES string of the molecule is O=c1[nH]c(NCc2ccccc2)nc2c1CN(CC1CC1)CC2. The lowest BCUT2D eigenvalue weighted by atomic mass is 10.1. The molecule has 5 heteroatoms. The van der Waals surface area contributed by atoms with Crippen molar-refractivity contribution in [2.45, 2.75) is 32.4 Å². The van der Waals surface area contributed by atoms with Gasteiger partial charge < -0.3 is 5.32 Å². The van der Waals surface area contributed by atoms with Gasteiger partial charge in [0.05, 0.1) is 11.3 Å². The molecule has 120 valence electrons. The second-order valence-corrected chi connectivity index (χ2v) is 6.61. The summed E-state index contributed by atoms with van der Waals surface area (Å²) in [6.45, 7) is 3.55. The van der Waals surface area contributed by atoms with Crippen LogP contribution in [0.25, 0.3) is 0 Å². The number of nitrogens with one attached hydrogen (secondary N) is 2. The lowest BCUT2D eigenvalue weighted by Crippen LogP contribution is -2.37. The summed E-state index contributed by atoms with van der Waals surface area (Å²) in [6, 6.07) is 10.1. The maximum atomic E-state index is 12.4. The summed E-state index contributed by atoms with van der Waals surface area (Å²) in [5.41, 5.74) is 2.98. The Kier molecular flexibility index (Phi) is 3.87. The number of hydrogen-bond donors (Lipinski definition) is 2. The number of H-pyrrole nitrogens is 1. The molecule has 1 aromatic carbocycles. The molecule has 1 aromatic heterocycles. The molecule has 1 saturated carbocycles. The largest absolute Gasteiger partial charge is 0.352 e. The van der Waals surface area contributed by atoms with Gasteiger partial charge in [-0.2, -0.15) is 0 Å². The molecule has 0 amide bonds. The van der Waals surface area contributed by atoms with Gasteiger partial charge in [0.15, 0.2) is 0 Å². The Bertz CT molecular complexity index is 736. The molecule has 0 radical (unpaired) electrons. The van der Waals surface area contributed by atoms with Crippen molar-refractivity contribution in [3.63, 3.8) is 0 Å². The topological polar surface area (TPSA) is 61.0 Å². The summed E-state index contributed by atoms with van der Waals surface area (Å²) < 4.78 is 0. The van der Waals surface area contributed by atoms with Crippen molar-refractivity contribution in [3.05, 3.63) is 57.5 Å². The number of rotatable bonds is 5. The van der Waals surface area contributed by atoms with Gasteiger partial charge in [0.25, 0.3) is 5.56 Å². The van der Waals surface area contributed by atoms with E-state index in [1.165, 1.54) is 18.4 Å². The summed E-state index contributed by atoms with van der Waals surface area (Å²) in [6.07, 6.45) is 3.56. The van der Waals surface area contributed by atoms with Crippen LogP contribution in [-0.2, 0) is 19.5 Å². The summed E-state index contributed by atoms with van der Waals surface area (Å²) in [7, 11) is 0. The van der Waals surface area contributed by atoms with Crippen LogP contribution in [0.4, 0.5) is 5.95 Å². The van der Waals surface area contributed by atoms with Crippen molar-refractivity contribution in [1.29, 1.82) is 0 Å². The normalized spacial score (nSPS) is 17.7. The molecule has 0 atom stereocenters. The van der Waals surface area contributed by atoms with Gasteiger partial charge in [-0.3, -0.25) is 14.7 Å². The lowest BCUT2D eigenvalue weighted by Gasteiger charge is -2.27. The Labute approximate surface area is 135 Å². The van der Waals surface area contributed by atoms with Gasteiger partial charge in [0, 0.05) is 32.6 Å². The molecule has 23 heavy (non-hydrogen) atoms. The predicted molar refractivity (Wildman–Crippen MR) is 90.3 cm³/mol. The highest BCUT2D eigenvalue weighted by Crippen LogP contribution is 2.30. The summed E-state index contributed by atoms with van der Waals surface area (Å²) in [5, 5.41) is 3.23. The average molecular weight is 310 g/mol. The van der Waals surface area contributed by atoms with Crippen LogP contribution in [-0.4, -0.2) is 28.0 Å². The van der Waals surface area contributed by atoms with Crippen LogP contribution in [0.5, 0.6) is 0 Å². The number of anilines is 1. The van der Waals surface area contributed by atoms with E-state index in [2.05, 4.69) is 32.3 Å². The summed E-state index contributed by atoms with van der Waals surface area (Å²) in [4.78, 5) is 22.3. The van der Waals surface area contributed by atoms with Crippen molar-refractivity contribution < 1.29 is 0 Å². The molecule has 2 N–H and O–H groups in total. The molecule has 0 saturated heterocycles. The van der Waals surface area contributed by atoms with Gasteiger partial charge in [-0.05, 0) is 24.3 Å². The molecular weight excluding hydrogens is 288 g/mol. The minimum atomic E-state index is 0.00561. The van der Waals surface area contributed by atoms with Crippen LogP contribution in [0.1, 0.15) is 29.7 Å². The monoisotopic (exact) mass is 310 g/mol. The minimum absolute atomic E-state index is 0.00561. The van der Waals surface area contributed by atoms with Crippen LogP contribution in [0, 0.1) is 5.92 Å². The summed E-state index contributed by atoms with van der Waals surface area (Å²) in [5.74, 6) is 1.43. The number of nitrogens with zero attached hydrogens (tertiary/aromatic N) is 2. The lowest BCUT2D eigenvalue weighted by molar-refractivity contribution is 0.240. The van der Waals surface area contributed by atoms with Gasteiger partial charge in [-0.1, -0.05) is 30.3 Å². The Balaban J connectivity index is 1.46. The highest BCUT2D eigenvalue weighted by molar-refractivity contribution is 5.32. The third-order valence-electron chi connectivity index (χ3n) is 4.66. The number of benzene rings is 1. The molecule has 1 aliphatic heterocycles. The third kappa shape index (κ3) is 3.45. The van der Waals surface area contributed by atoms with E-state index in [1.807, 2.05) is 18.2 Å². The number of hydrogen-bond acceptors (Lipinski definition) is 4. The van der Waals surface area contributed by atoms with E-state index in [1.54, 1.807) is 0 Å². The molecule has 1 aliphatic carbocycles. The second-order valence-electron chi connectivity index (χ2n) is 6.61. The first kappa shape index (κ1) is 14.5. The van der Waals surface area contributed by atoms with E-state index >= 15 is 0 Å². The fourth-order valence-corrected chi connectivity index (χ4v) is 3.17. The maximum absolute atomic E-state index is 12.4. The van der Waals surface area contributed by atoms with Crippen LogP contribution >= 0.6 is 0 Å². The molecule has 5 nitrogen and oxygen atoms in total. The Morgan fingerprint density at radius 2 is 2.09 bits per heavy atom. The number of aromatic amines is 1. The first-order valence-corrected chi connectivity index (χ1v) is 8.40. The van der Waals surface area contributed by atoms with Crippen LogP contribution < -0.4 is 10.9 Å². The van der Waals surface area contributed by atoms with E-state index in [9.17, 15) is 4.79 Å². The fourth-order valence-electron chi connectivity index (χ4n) is 3.17. The molecule has 0 unspecified atom stereocenters. The van der Waals surface area contributed by atoms with E-state index in [-0.39, 0.29) is 5.56 Å². The third-order valence-corrected chi connectivity index (χ3v) is 4.66. The molecule has 2 aliphatic rings. The molecule has 0 bridgehead atoms. The Hall–Kier alpha value is -2.14. The molecule has 2 aromatic rings. The maximum Gasteiger partial charge on any atom is 0.257 e. The first-order valence-electron chi connectivity index (χ1n) is 8.40. The van der Waals surface area contributed by atoms with Gasteiger partial charge in [0.2, 0.25) is 5.95 Å². The smallest absolute Gasteiger partial charge is 0.257 e. The fraction of sp³-hybridized carbons (Fsp3) is 0.444. The molecule has 4 rings (SSSR count). The van der Waals surface area contributed by atoms with Gasteiger partial charge >= 0.3 is 0 Å². The molecule has 1 fully saturated rings. The van der Waals surface area contributed by atoms with Crippen LogP contribution in [0.15, 0.2) is 35.1 Å². The Morgan fingerprint density at radius 1 is 1.26 bits per heavy atom. The van der Waals surface area contributed by atoms with Crippen molar-refractivity contribution in [1.82, 2.24) is 14.9 Å². The van der Waals surface area contributed by atoms with Crippen molar-refractivity contribution in [2.24, 2.45) is 5.92 Å². The zero-order valence-corrected chi connectivity index (χ0v) is 13.2. The zero-order chi connectivity index (χ0) is 15.6. The van der Waals surface area contributed by atoms with Crippen molar-refractivity contribution >= 4 is 5.95 Å². The Morgan fingerprint density at radius 3 is 2.87 bits per heavy atom. The van der Waals surface area contributed by atoms with E-state index in [4.69, 9.17) is 0 Å². The number of aromatic nitrogens is 2. The summed E-state index contributed by atoms with van der Waals surface area (Å²) >= 11 is 0. The van der Waals surface area contributed by atoms with E-state index in [0.29, 0.717) is 12.5 Å². The van der Waals surface area contributed by atoms with E-state index in [0.717, 1.165) is 43.2 Å². The van der Waals surface area contributed by atoms with Gasteiger partial charge in [0.1, 0.15) is 0 Å². The standard InChI is InChI=1S/C18H22N4O/c23-17-15-12-22(11-14-6-7-14)9-8-16(15)20-18(21-17)19-10-13-4-2-1-3-5-13/h1-5,14H,6-12H2,(H2,19,20,21,23). The average Bonchev–Trinajstić information content (AvgIpc) is 3.38. The van der Waals surface area contributed by atoms with Gasteiger partial charge in [-0.25, -0.2) is 4.98 Å². The van der Waals surface area contributed by atoms with Gasteiger partial charge in [-0.15, -0.1) is 0 Å². The highest BCUT2D eigenvalue weighted by Gasteiger charge is 2.27. The zero-order valence-electron chi connectivity index (χ0n) is 13.2.